The van der Waals surface area contributed by atoms with Crippen molar-refractivity contribution in [3.63, 3.8) is 0 Å². The van der Waals surface area contributed by atoms with E-state index in [0.29, 0.717) is 29.4 Å². The van der Waals surface area contributed by atoms with Crippen LogP contribution in [0.4, 0.5) is 0 Å². The van der Waals surface area contributed by atoms with Crippen molar-refractivity contribution in [2.75, 3.05) is 21.3 Å². The third-order valence-electron chi connectivity index (χ3n) is 4.50. The fraction of sp³-hybridized carbons (Fsp3) is 0.160. The average Bonchev–Trinajstić information content (AvgIpc) is 2.81. The molecule has 5 nitrogen and oxygen atoms in total. The molecule has 0 heterocycles. The first-order chi connectivity index (χ1) is 14.6. The Morgan fingerprint density at radius 2 is 1.47 bits per heavy atom. The van der Waals surface area contributed by atoms with Crippen LogP contribution in [0.1, 0.15) is 21.5 Å². The second kappa shape index (κ2) is 10.2. The zero-order valence-electron chi connectivity index (χ0n) is 17.3. The van der Waals surface area contributed by atoms with Crippen molar-refractivity contribution in [1.82, 2.24) is 0 Å². The maximum absolute atomic E-state index is 12.6. The van der Waals surface area contributed by atoms with Gasteiger partial charge in [0.05, 0.1) is 21.3 Å². The molecule has 0 radical (unpaired) electrons. The van der Waals surface area contributed by atoms with E-state index in [-0.39, 0.29) is 5.78 Å². The SMILES string of the molecule is COc1cc(C(=O)/C=C/c2ccc(OCc3ccccc3)cc2)cc(OC)c1OC. The first kappa shape index (κ1) is 21.0. The van der Waals surface area contributed by atoms with Crippen LogP contribution < -0.4 is 18.9 Å². The summed E-state index contributed by atoms with van der Waals surface area (Å²) in [7, 11) is 4.56. The number of rotatable bonds is 9. The van der Waals surface area contributed by atoms with Gasteiger partial charge in [-0.3, -0.25) is 4.79 Å². The van der Waals surface area contributed by atoms with E-state index in [0.717, 1.165) is 16.9 Å². The molecule has 0 spiro atoms. The third kappa shape index (κ3) is 5.20. The highest BCUT2D eigenvalue weighted by Crippen LogP contribution is 2.38. The lowest BCUT2D eigenvalue weighted by molar-refractivity contribution is 0.104. The fourth-order valence-corrected chi connectivity index (χ4v) is 2.91. The second-order valence-corrected chi connectivity index (χ2v) is 6.45. The molecule has 30 heavy (non-hydrogen) atoms. The zero-order chi connectivity index (χ0) is 21.3. The van der Waals surface area contributed by atoms with Gasteiger partial charge in [0, 0.05) is 5.56 Å². The highest BCUT2D eigenvalue weighted by Gasteiger charge is 2.15. The van der Waals surface area contributed by atoms with Crippen molar-refractivity contribution in [1.29, 1.82) is 0 Å². The molecule has 0 aromatic heterocycles. The molecule has 3 rings (SSSR count). The van der Waals surface area contributed by atoms with E-state index in [1.165, 1.54) is 27.4 Å². The highest BCUT2D eigenvalue weighted by molar-refractivity contribution is 6.07. The molecule has 0 N–H and O–H groups in total. The van der Waals surface area contributed by atoms with Gasteiger partial charge in [0.1, 0.15) is 12.4 Å². The number of carbonyl (C=O) groups is 1. The normalized spacial score (nSPS) is 10.6. The van der Waals surface area contributed by atoms with E-state index in [2.05, 4.69) is 0 Å². The number of ether oxygens (including phenoxy) is 4. The van der Waals surface area contributed by atoms with E-state index >= 15 is 0 Å². The van der Waals surface area contributed by atoms with Crippen LogP contribution in [-0.2, 0) is 6.61 Å². The smallest absolute Gasteiger partial charge is 0.203 e. The Labute approximate surface area is 176 Å². The van der Waals surface area contributed by atoms with Gasteiger partial charge >= 0.3 is 0 Å². The summed E-state index contributed by atoms with van der Waals surface area (Å²) in [5.74, 6) is 1.93. The van der Waals surface area contributed by atoms with Crippen molar-refractivity contribution < 1.29 is 23.7 Å². The topological polar surface area (TPSA) is 54.0 Å². The van der Waals surface area contributed by atoms with E-state index in [1.807, 2.05) is 54.6 Å². The number of allylic oxidation sites excluding steroid dienone is 1. The first-order valence-electron chi connectivity index (χ1n) is 9.44. The summed E-state index contributed by atoms with van der Waals surface area (Å²) in [5.41, 5.74) is 2.45. The third-order valence-corrected chi connectivity index (χ3v) is 4.50. The van der Waals surface area contributed by atoms with Gasteiger partial charge in [-0.2, -0.15) is 0 Å². The molecule has 0 saturated carbocycles. The van der Waals surface area contributed by atoms with Gasteiger partial charge in [-0.15, -0.1) is 0 Å². The largest absolute Gasteiger partial charge is 0.493 e. The number of hydrogen-bond acceptors (Lipinski definition) is 5. The van der Waals surface area contributed by atoms with Crippen molar-refractivity contribution in [3.05, 3.63) is 89.5 Å². The zero-order valence-corrected chi connectivity index (χ0v) is 17.3. The summed E-state index contributed by atoms with van der Waals surface area (Å²) < 4.78 is 21.7. The van der Waals surface area contributed by atoms with Crippen LogP contribution in [0.25, 0.3) is 6.08 Å². The van der Waals surface area contributed by atoms with Gasteiger partial charge in [0.25, 0.3) is 0 Å². The number of ketones is 1. The van der Waals surface area contributed by atoms with Crippen molar-refractivity contribution >= 4 is 11.9 Å². The number of carbonyl (C=O) groups excluding carboxylic acids is 1. The molecule has 0 atom stereocenters. The van der Waals surface area contributed by atoms with E-state index < -0.39 is 0 Å². The van der Waals surface area contributed by atoms with E-state index in [4.69, 9.17) is 18.9 Å². The summed E-state index contributed by atoms with van der Waals surface area (Å²) in [6.45, 7) is 0.510. The Bertz CT molecular complexity index is 982. The first-order valence-corrected chi connectivity index (χ1v) is 9.44. The molecule has 0 aliphatic carbocycles. The molecule has 3 aromatic rings. The molecule has 0 aliphatic rings. The number of benzene rings is 3. The lowest BCUT2D eigenvalue weighted by atomic mass is 10.1. The monoisotopic (exact) mass is 404 g/mol. The number of methoxy groups -OCH3 is 3. The standard InChI is InChI=1S/C25H24O5/c1-27-23-15-20(16-24(28-2)25(23)29-3)22(26)14-11-18-9-12-21(13-10-18)30-17-19-7-5-4-6-8-19/h4-16H,17H2,1-3H3/b14-11+. The molecule has 3 aromatic carbocycles. The van der Waals surface area contributed by atoms with Gasteiger partial charge in [-0.05, 0) is 41.5 Å². The van der Waals surface area contributed by atoms with Crippen LogP contribution in [0.3, 0.4) is 0 Å². The Morgan fingerprint density at radius 3 is 2.03 bits per heavy atom. The Kier molecular flexibility index (Phi) is 7.11. The van der Waals surface area contributed by atoms with Crippen LogP contribution >= 0.6 is 0 Å². The Morgan fingerprint density at radius 1 is 0.833 bits per heavy atom. The van der Waals surface area contributed by atoms with Crippen molar-refractivity contribution in [2.24, 2.45) is 0 Å². The lowest BCUT2D eigenvalue weighted by Crippen LogP contribution is -2.00. The molecule has 0 bridgehead atoms. The summed E-state index contributed by atoms with van der Waals surface area (Å²) >= 11 is 0. The molecule has 0 amide bonds. The molecule has 0 fully saturated rings. The Balaban J connectivity index is 1.67. The summed E-state index contributed by atoms with van der Waals surface area (Å²) in [4.78, 5) is 12.6. The Hall–Kier alpha value is -3.73. The fourth-order valence-electron chi connectivity index (χ4n) is 2.91. The van der Waals surface area contributed by atoms with Crippen LogP contribution in [0, 0.1) is 0 Å². The van der Waals surface area contributed by atoms with Crippen LogP contribution in [0.5, 0.6) is 23.0 Å². The van der Waals surface area contributed by atoms with Crippen molar-refractivity contribution in [2.45, 2.75) is 6.61 Å². The maximum Gasteiger partial charge on any atom is 0.203 e. The van der Waals surface area contributed by atoms with E-state index in [9.17, 15) is 4.79 Å². The summed E-state index contributed by atoms with van der Waals surface area (Å²) in [6.07, 6.45) is 3.27. The minimum Gasteiger partial charge on any atom is -0.493 e. The minimum absolute atomic E-state index is 0.168. The lowest BCUT2D eigenvalue weighted by Gasteiger charge is -2.13. The van der Waals surface area contributed by atoms with Gasteiger partial charge in [-0.1, -0.05) is 48.5 Å². The molecule has 0 saturated heterocycles. The quantitative estimate of drug-likeness (QED) is 0.363. The van der Waals surface area contributed by atoms with Gasteiger partial charge in [0.2, 0.25) is 5.75 Å². The molecule has 5 heteroatoms. The van der Waals surface area contributed by atoms with Crippen LogP contribution in [0.2, 0.25) is 0 Å². The molecule has 154 valence electrons. The van der Waals surface area contributed by atoms with E-state index in [1.54, 1.807) is 18.2 Å². The van der Waals surface area contributed by atoms with Crippen LogP contribution in [-0.4, -0.2) is 27.1 Å². The molecular weight excluding hydrogens is 380 g/mol. The highest BCUT2D eigenvalue weighted by atomic mass is 16.5. The molecule has 0 aliphatic heterocycles. The summed E-state index contributed by atoms with van der Waals surface area (Å²) in [5, 5.41) is 0. The van der Waals surface area contributed by atoms with Gasteiger partial charge in [0.15, 0.2) is 17.3 Å². The summed E-state index contributed by atoms with van der Waals surface area (Å²) in [6, 6.07) is 20.8. The molecular formula is C25H24O5. The predicted octanol–water partition coefficient (Wildman–Crippen LogP) is 5.19. The van der Waals surface area contributed by atoms with Gasteiger partial charge < -0.3 is 18.9 Å². The van der Waals surface area contributed by atoms with Crippen molar-refractivity contribution in [3.8, 4) is 23.0 Å². The van der Waals surface area contributed by atoms with Gasteiger partial charge in [-0.25, -0.2) is 0 Å². The predicted molar refractivity (Wildman–Crippen MR) is 117 cm³/mol. The second-order valence-electron chi connectivity index (χ2n) is 6.45. The maximum atomic E-state index is 12.6. The minimum atomic E-state index is -0.168. The average molecular weight is 404 g/mol. The molecule has 0 unspecified atom stereocenters. The number of hydrogen-bond donors (Lipinski definition) is 0. The van der Waals surface area contributed by atoms with Crippen LogP contribution in [0.15, 0.2) is 72.8 Å².